The summed E-state index contributed by atoms with van der Waals surface area (Å²) in [7, 11) is 1.81. The van der Waals surface area contributed by atoms with Crippen molar-refractivity contribution in [1.82, 2.24) is 20.4 Å². The molecule has 2 heterocycles. The SMILES string of the molecule is Cn1nc(C2CCC(=O)NC2=O)c2ccc(NC(=O)CCCCCCCCCNC(=O)OC(C)(C)C)cc21. The molecule has 1 aliphatic rings. The number of alkyl carbamates (subject to hydrolysis) is 1. The van der Waals surface area contributed by atoms with E-state index in [4.69, 9.17) is 4.74 Å². The highest BCUT2D eigenvalue weighted by molar-refractivity contribution is 6.03. The lowest BCUT2D eigenvalue weighted by atomic mass is 9.93. The first-order valence-electron chi connectivity index (χ1n) is 13.6. The van der Waals surface area contributed by atoms with E-state index in [1.165, 1.54) is 0 Å². The number of ether oxygens (including phenoxy) is 1. The summed E-state index contributed by atoms with van der Waals surface area (Å²) in [5.41, 5.74) is 1.70. The van der Waals surface area contributed by atoms with Crippen molar-refractivity contribution < 1.29 is 23.9 Å². The fourth-order valence-corrected chi connectivity index (χ4v) is 4.60. The molecule has 2 aromatic rings. The molecule has 10 heteroatoms. The second kappa shape index (κ2) is 13.4. The number of hydrogen-bond acceptors (Lipinski definition) is 6. The van der Waals surface area contributed by atoms with E-state index >= 15 is 0 Å². The van der Waals surface area contributed by atoms with Gasteiger partial charge in [0.1, 0.15) is 5.60 Å². The molecule has 38 heavy (non-hydrogen) atoms. The Morgan fingerprint density at radius 1 is 1.08 bits per heavy atom. The van der Waals surface area contributed by atoms with Gasteiger partial charge < -0.3 is 15.4 Å². The van der Waals surface area contributed by atoms with Crippen molar-refractivity contribution in [2.45, 2.75) is 96.5 Å². The molecule has 0 bridgehead atoms. The van der Waals surface area contributed by atoms with Crippen LogP contribution in [-0.2, 0) is 26.2 Å². The third kappa shape index (κ3) is 8.85. The lowest BCUT2D eigenvalue weighted by Crippen LogP contribution is -2.39. The highest BCUT2D eigenvalue weighted by Gasteiger charge is 2.31. The highest BCUT2D eigenvalue weighted by Crippen LogP contribution is 2.31. The van der Waals surface area contributed by atoms with Gasteiger partial charge in [-0.05, 0) is 58.2 Å². The van der Waals surface area contributed by atoms with E-state index in [-0.39, 0.29) is 23.8 Å². The second-order valence-corrected chi connectivity index (χ2v) is 10.9. The van der Waals surface area contributed by atoms with Crippen LogP contribution in [0.2, 0.25) is 0 Å². The summed E-state index contributed by atoms with van der Waals surface area (Å²) in [6, 6.07) is 5.57. The van der Waals surface area contributed by atoms with E-state index in [2.05, 4.69) is 21.0 Å². The van der Waals surface area contributed by atoms with Crippen LogP contribution in [0.4, 0.5) is 10.5 Å². The predicted octanol–water partition coefficient (Wildman–Crippen LogP) is 4.68. The molecule has 10 nitrogen and oxygen atoms in total. The molecule has 0 spiro atoms. The Morgan fingerprint density at radius 3 is 2.45 bits per heavy atom. The Morgan fingerprint density at radius 2 is 1.76 bits per heavy atom. The highest BCUT2D eigenvalue weighted by atomic mass is 16.6. The first-order chi connectivity index (χ1) is 18.0. The van der Waals surface area contributed by atoms with Crippen molar-refractivity contribution in [3.8, 4) is 0 Å². The largest absolute Gasteiger partial charge is 0.444 e. The molecule has 1 atom stereocenters. The number of piperidine rings is 1. The van der Waals surface area contributed by atoms with Crippen LogP contribution in [0.5, 0.6) is 0 Å². The zero-order valence-corrected chi connectivity index (χ0v) is 23.0. The summed E-state index contributed by atoms with van der Waals surface area (Å²) in [6.07, 6.45) is 7.95. The molecule has 1 unspecified atom stereocenters. The Hall–Kier alpha value is -3.43. The van der Waals surface area contributed by atoms with Crippen molar-refractivity contribution in [2.75, 3.05) is 11.9 Å². The van der Waals surface area contributed by atoms with E-state index < -0.39 is 11.5 Å². The molecule has 3 rings (SSSR count). The fourth-order valence-electron chi connectivity index (χ4n) is 4.60. The van der Waals surface area contributed by atoms with Gasteiger partial charge in [0.15, 0.2) is 0 Å². The maximum absolute atomic E-state index is 12.4. The van der Waals surface area contributed by atoms with E-state index in [1.54, 1.807) is 11.7 Å². The number of nitrogens with zero attached hydrogens (tertiary/aromatic N) is 2. The maximum Gasteiger partial charge on any atom is 0.407 e. The number of fused-ring (bicyclic) bond motifs is 1. The van der Waals surface area contributed by atoms with Crippen LogP contribution in [0, 0.1) is 0 Å². The monoisotopic (exact) mass is 527 g/mol. The fraction of sp³-hybridized carbons (Fsp3) is 0.607. The van der Waals surface area contributed by atoms with Gasteiger partial charge in [-0.2, -0.15) is 5.10 Å². The summed E-state index contributed by atoms with van der Waals surface area (Å²) in [6.45, 7) is 6.16. The molecule has 1 aliphatic heterocycles. The Kier molecular flexibility index (Phi) is 10.3. The first-order valence-corrected chi connectivity index (χ1v) is 13.6. The van der Waals surface area contributed by atoms with Gasteiger partial charge in [0.2, 0.25) is 17.7 Å². The lowest BCUT2D eigenvalue weighted by Gasteiger charge is -2.19. The Labute approximate surface area is 224 Å². The second-order valence-electron chi connectivity index (χ2n) is 10.9. The molecule has 208 valence electrons. The van der Waals surface area contributed by atoms with Crippen molar-refractivity contribution in [1.29, 1.82) is 0 Å². The third-order valence-corrected chi connectivity index (χ3v) is 6.48. The van der Waals surface area contributed by atoms with E-state index in [0.717, 1.165) is 55.8 Å². The van der Waals surface area contributed by atoms with Crippen LogP contribution in [0.25, 0.3) is 10.9 Å². The summed E-state index contributed by atoms with van der Waals surface area (Å²) >= 11 is 0. The smallest absolute Gasteiger partial charge is 0.407 e. The van der Waals surface area contributed by atoms with Crippen LogP contribution in [0.15, 0.2) is 18.2 Å². The van der Waals surface area contributed by atoms with E-state index in [1.807, 2.05) is 39.0 Å². The first kappa shape index (κ1) is 29.1. The topological polar surface area (TPSA) is 131 Å². The number of anilines is 1. The number of nitrogens with one attached hydrogen (secondary N) is 3. The zero-order chi connectivity index (χ0) is 27.7. The maximum atomic E-state index is 12.4. The number of carbonyl (C=O) groups excluding carboxylic acids is 4. The number of aryl methyl sites for hydroxylation is 1. The van der Waals surface area contributed by atoms with Crippen molar-refractivity contribution in [2.24, 2.45) is 7.05 Å². The summed E-state index contributed by atoms with van der Waals surface area (Å²) in [5.74, 6) is -1.04. The zero-order valence-electron chi connectivity index (χ0n) is 23.0. The Bertz CT molecular complexity index is 1150. The number of benzene rings is 1. The van der Waals surface area contributed by atoms with Gasteiger partial charge in [0, 0.05) is 37.5 Å². The standard InChI is InChI=1S/C28H41N5O5/c1-28(2,3)38-27(37)29-17-11-9-7-5-6-8-10-12-23(34)30-19-13-14-20-22(18-19)33(4)32-25(20)21-15-16-24(35)31-26(21)36/h13-14,18,21H,5-12,15-17H2,1-4H3,(H,29,37)(H,30,34)(H,31,35,36). The average molecular weight is 528 g/mol. The minimum absolute atomic E-state index is 0.0230. The minimum Gasteiger partial charge on any atom is -0.444 e. The van der Waals surface area contributed by atoms with Crippen LogP contribution in [0.3, 0.4) is 0 Å². The van der Waals surface area contributed by atoms with Gasteiger partial charge in [0.05, 0.1) is 17.1 Å². The van der Waals surface area contributed by atoms with Gasteiger partial charge >= 0.3 is 6.09 Å². The minimum atomic E-state index is -0.475. The molecular weight excluding hydrogens is 486 g/mol. The molecule has 1 saturated heterocycles. The van der Waals surface area contributed by atoms with Gasteiger partial charge in [-0.15, -0.1) is 0 Å². The normalized spacial score (nSPS) is 15.8. The number of amides is 4. The summed E-state index contributed by atoms with van der Waals surface area (Å²) < 4.78 is 6.92. The number of carbonyl (C=O) groups is 4. The van der Waals surface area contributed by atoms with Crippen molar-refractivity contribution >= 4 is 40.4 Å². The Balaban J connectivity index is 1.32. The lowest BCUT2D eigenvalue weighted by molar-refractivity contribution is -0.134. The van der Waals surface area contributed by atoms with E-state index in [0.29, 0.717) is 37.2 Å². The van der Waals surface area contributed by atoms with E-state index in [9.17, 15) is 19.2 Å². The number of aromatic nitrogens is 2. The number of rotatable bonds is 12. The summed E-state index contributed by atoms with van der Waals surface area (Å²) in [4.78, 5) is 47.8. The number of imide groups is 1. The molecule has 1 aromatic heterocycles. The van der Waals surface area contributed by atoms with Crippen LogP contribution < -0.4 is 16.0 Å². The van der Waals surface area contributed by atoms with Gasteiger partial charge in [0.25, 0.3) is 0 Å². The number of unbranched alkanes of at least 4 members (excludes halogenated alkanes) is 6. The third-order valence-electron chi connectivity index (χ3n) is 6.48. The quantitative estimate of drug-likeness (QED) is 0.271. The molecule has 0 saturated carbocycles. The van der Waals surface area contributed by atoms with Crippen LogP contribution >= 0.6 is 0 Å². The van der Waals surface area contributed by atoms with Crippen LogP contribution in [-0.4, -0.2) is 45.7 Å². The van der Waals surface area contributed by atoms with Crippen molar-refractivity contribution in [3.05, 3.63) is 23.9 Å². The predicted molar refractivity (Wildman–Crippen MR) is 146 cm³/mol. The molecule has 3 N–H and O–H groups in total. The summed E-state index contributed by atoms with van der Waals surface area (Å²) in [5, 5.41) is 13.5. The molecule has 4 amide bonds. The van der Waals surface area contributed by atoms with Gasteiger partial charge in [-0.3, -0.25) is 24.4 Å². The van der Waals surface area contributed by atoms with Crippen LogP contribution in [0.1, 0.15) is 96.6 Å². The molecule has 0 aliphatic carbocycles. The average Bonchev–Trinajstić information content (AvgIpc) is 3.14. The van der Waals surface area contributed by atoms with Gasteiger partial charge in [-0.25, -0.2) is 4.79 Å². The molecule has 1 fully saturated rings. The molecule has 0 radical (unpaired) electrons. The van der Waals surface area contributed by atoms with Crippen molar-refractivity contribution in [3.63, 3.8) is 0 Å². The van der Waals surface area contributed by atoms with Gasteiger partial charge in [-0.1, -0.05) is 32.1 Å². The molecular formula is C28H41N5O5. The number of hydrogen-bond donors (Lipinski definition) is 3. The molecule has 1 aromatic carbocycles.